The van der Waals surface area contributed by atoms with Crippen molar-refractivity contribution in [2.75, 3.05) is 5.73 Å². The van der Waals surface area contributed by atoms with E-state index in [0.717, 1.165) is 15.4 Å². The van der Waals surface area contributed by atoms with Crippen molar-refractivity contribution >= 4 is 44.3 Å². The number of benzene rings is 1. The van der Waals surface area contributed by atoms with E-state index in [1.165, 1.54) is 0 Å². The number of pyridine rings is 1. The van der Waals surface area contributed by atoms with Crippen LogP contribution >= 0.6 is 27.5 Å². The van der Waals surface area contributed by atoms with Crippen LogP contribution in [0.4, 0.5) is 5.82 Å². The fraction of sp³-hybridized carbons (Fsp3) is 0. The van der Waals surface area contributed by atoms with Crippen molar-refractivity contribution in [1.29, 1.82) is 0 Å². The molecule has 2 rings (SSSR count). The third-order valence-electron chi connectivity index (χ3n) is 1.74. The van der Waals surface area contributed by atoms with Gasteiger partial charge >= 0.3 is 0 Å². The highest BCUT2D eigenvalue weighted by molar-refractivity contribution is 9.10. The summed E-state index contributed by atoms with van der Waals surface area (Å²) < 4.78 is 0.914. The van der Waals surface area contributed by atoms with Crippen molar-refractivity contribution in [1.82, 2.24) is 4.98 Å². The van der Waals surface area contributed by atoms with E-state index >= 15 is 0 Å². The SMILES string of the molecule is Nc1cc(Br)c2cc(Cl)ccc2n1. The summed E-state index contributed by atoms with van der Waals surface area (Å²) in [5.41, 5.74) is 6.43. The van der Waals surface area contributed by atoms with Gasteiger partial charge in [-0.3, -0.25) is 0 Å². The fourth-order valence-electron chi connectivity index (χ4n) is 1.18. The number of fused-ring (bicyclic) bond motifs is 1. The average Bonchev–Trinajstić information content (AvgIpc) is 2.06. The fourth-order valence-corrected chi connectivity index (χ4v) is 1.90. The van der Waals surface area contributed by atoms with E-state index in [-0.39, 0.29) is 0 Å². The summed E-state index contributed by atoms with van der Waals surface area (Å²) in [5.74, 6) is 0.502. The molecule has 2 N–H and O–H groups in total. The molecule has 0 bridgehead atoms. The molecule has 1 aromatic heterocycles. The first-order valence-corrected chi connectivity index (χ1v) is 4.85. The van der Waals surface area contributed by atoms with E-state index in [4.69, 9.17) is 17.3 Å². The molecular formula is C9H6BrClN2. The Bertz CT molecular complexity index is 470. The lowest BCUT2D eigenvalue weighted by Gasteiger charge is -2.01. The maximum Gasteiger partial charge on any atom is 0.125 e. The molecule has 0 amide bonds. The Labute approximate surface area is 88.8 Å². The zero-order chi connectivity index (χ0) is 9.42. The summed E-state index contributed by atoms with van der Waals surface area (Å²) in [6.45, 7) is 0. The number of aromatic nitrogens is 1. The van der Waals surface area contributed by atoms with Crippen LogP contribution in [-0.4, -0.2) is 4.98 Å². The predicted octanol–water partition coefficient (Wildman–Crippen LogP) is 3.23. The molecule has 0 atom stereocenters. The van der Waals surface area contributed by atoms with Crippen LogP contribution in [0, 0.1) is 0 Å². The quantitative estimate of drug-likeness (QED) is 0.787. The molecule has 0 unspecified atom stereocenters. The largest absolute Gasteiger partial charge is 0.384 e. The van der Waals surface area contributed by atoms with Crippen LogP contribution in [0.25, 0.3) is 10.9 Å². The first-order chi connectivity index (χ1) is 6.16. The van der Waals surface area contributed by atoms with E-state index in [1.54, 1.807) is 12.1 Å². The van der Waals surface area contributed by atoms with Crippen molar-refractivity contribution in [3.05, 3.63) is 33.8 Å². The van der Waals surface area contributed by atoms with E-state index in [0.29, 0.717) is 10.8 Å². The van der Waals surface area contributed by atoms with Crippen LogP contribution in [0.5, 0.6) is 0 Å². The van der Waals surface area contributed by atoms with Gasteiger partial charge in [0.25, 0.3) is 0 Å². The lowest BCUT2D eigenvalue weighted by atomic mass is 10.2. The van der Waals surface area contributed by atoms with Crippen LogP contribution in [0.15, 0.2) is 28.7 Å². The summed E-state index contributed by atoms with van der Waals surface area (Å²) in [7, 11) is 0. The van der Waals surface area contributed by atoms with E-state index in [1.807, 2.05) is 12.1 Å². The van der Waals surface area contributed by atoms with Crippen LogP contribution in [0.3, 0.4) is 0 Å². The van der Waals surface area contributed by atoms with Gasteiger partial charge in [-0.1, -0.05) is 11.6 Å². The van der Waals surface area contributed by atoms with Crippen LogP contribution in [0.2, 0.25) is 5.02 Å². The lowest BCUT2D eigenvalue weighted by Crippen LogP contribution is -1.90. The minimum Gasteiger partial charge on any atom is -0.384 e. The van der Waals surface area contributed by atoms with Gasteiger partial charge in [-0.25, -0.2) is 4.98 Å². The average molecular weight is 258 g/mol. The minimum atomic E-state index is 0.502. The van der Waals surface area contributed by atoms with E-state index in [2.05, 4.69) is 20.9 Å². The number of nitrogens with zero attached hydrogens (tertiary/aromatic N) is 1. The van der Waals surface area contributed by atoms with E-state index in [9.17, 15) is 0 Å². The Morgan fingerprint density at radius 1 is 1.31 bits per heavy atom. The van der Waals surface area contributed by atoms with Gasteiger partial charge in [0.05, 0.1) is 5.52 Å². The minimum absolute atomic E-state index is 0.502. The molecular weight excluding hydrogens is 251 g/mol. The Hall–Kier alpha value is -0.800. The van der Waals surface area contributed by atoms with Gasteiger partial charge in [0.2, 0.25) is 0 Å². The van der Waals surface area contributed by atoms with Gasteiger partial charge in [0.15, 0.2) is 0 Å². The van der Waals surface area contributed by atoms with Crippen LogP contribution < -0.4 is 5.73 Å². The molecule has 66 valence electrons. The van der Waals surface area contributed by atoms with Gasteiger partial charge in [-0.05, 0) is 40.2 Å². The monoisotopic (exact) mass is 256 g/mol. The molecule has 0 aliphatic heterocycles. The smallest absolute Gasteiger partial charge is 0.125 e. The first kappa shape index (κ1) is 8.78. The highest BCUT2D eigenvalue weighted by atomic mass is 79.9. The van der Waals surface area contributed by atoms with Crippen molar-refractivity contribution < 1.29 is 0 Å². The molecule has 1 heterocycles. The second-order valence-corrected chi connectivity index (χ2v) is 3.98. The van der Waals surface area contributed by atoms with Gasteiger partial charge in [-0.2, -0.15) is 0 Å². The summed E-state index contributed by atoms with van der Waals surface area (Å²) in [6.07, 6.45) is 0. The zero-order valence-electron chi connectivity index (χ0n) is 6.59. The lowest BCUT2D eigenvalue weighted by molar-refractivity contribution is 1.40. The van der Waals surface area contributed by atoms with Crippen molar-refractivity contribution in [3.8, 4) is 0 Å². The number of nitrogens with two attached hydrogens (primary N) is 1. The molecule has 4 heteroatoms. The number of hydrogen-bond donors (Lipinski definition) is 1. The molecule has 2 nitrogen and oxygen atoms in total. The molecule has 0 spiro atoms. The van der Waals surface area contributed by atoms with Gasteiger partial charge < -0.3 is 5.73 Å². The Morgan fingerprint density at radius 3 is 2.85 bits per heavy atom. The number of anilines is 1. The Morgan fingerprint density at radius 2 is 2.08 bits per heavy atom. The molecule has 0 radical (unpaired) electrons. The Kier molecular flexibility index (Phi) is 2.14. The van der Waals surface area contributed by atoms with Crippen LogP contribution in [0.1, 0.15) is 0 Å². The van der Waals surface area contributed by atoms with Gasteiger partial charge in [0.1, 0.15) is 5.82 Å². The summed E-state index contributed by atoms with van der Waals surface area (Å²) in [5, 5.41) is 1.67. The molecule has 0 aliphatic rings. The molecule has 13 heavy (non-hydrogen) atoms. The third-order valence-corrected chi connectivity index (χ3v) is 2.63. The van der Waals surface area contributed by atoms with Crippen molar-refractivity contribution in [2.24, 2.45) is 0 Å². The number of rotatable bonds is 0. The van der Waals surface area contributed by atoms with Gasteiger partial charge in [-0.15, -0.1) is 0 Å². The summed E-state index contributed by atoms with van der Waals surface area (Å²) >= 11 is 9.25. The van der Waals surface area contributed by atoms with Crippen molar-refractivity contribution in [2.45, 2.75) is 0 Å². The molecule has 0 saturated carbocycles. The second kappa shape index (κ2) is 3.16. The number of halogens is 2. The zero-order valence-corrected chi connectivity index (χ0v) is 8.93. The van der Waals surface area contributed by atoms with E-state index < -0.39 is 0 Å². The summed E-state index contributed by atoms with van der Waals surface area (Å²) in [4.78, 5) is 4.17. The molecule has 0 saturated heterocycles. The van der Waals surface area contributed by atoms with Crippen LogP contribution in [-0.2, 0) is 0 Å². The number of hydrogen-bond acceptors (Lipinski definition) is 2. The Balaban J connectivity index is 2.87. The highest BCUT2D eigenvalue weighted by Gasteiger charge is 2.01. The molecule has 2 aromatic rings. The number of nitrogen functional groups attached to an aromatic ring is 1. The topological polar surface area (TPSA) is 38.9 Å². The van der Waals surface area contributed by atoms with Gasteiger partial charge in [0, 0.05) is 14.9 Å². The highest BCUT2D eigenvalue weighted by Crippen LogP contribution is 2.26. The summed E-state index contributed by atoms with van der Waals surface area (Å²) in [6, 6.07) is 7.26. The standard InChI is InChI=1S/C9H6BrClN2/c10-7-4-9(12)13-8-2-1-5(11)3-6(7)8/h1-4H,(H2,12,13). The molecule has 0 aliphatic carbocycles. The second-order valence-electron chi connectivity index (χ2n) is 2.69. The first-order valence-electron chi connectivity index (χ1n) is 3.68. The molecule has 1 aromatic carbocycles. The third kappa shape index (κ3) is 1.62. The molecule has 0 fully saturated rings. The maximum atomic E-state index is 5.85. The normalized spacial score (nSPS) is 10.6. The maximum absolute atomic E-state index is 5.85. The predicted molar refractivity (Wildman–Crippen MR) is 58.9 cm³/mol. The van der Waals surface area contributed by atoms with Crippen molar-refractivity contribution in [3.63, 3.8) is 0 Å².